The summed E-state index contributed by atoms with van der Waals surface area (Å²) in [5, 5.41) is -1.72. The van der Waals surface area contributed by atoms with Gasteiger partial charge < -0.3 is 9.47 Å². The maximum absolute atomic E-state index is 15.3. The van der Waals surface area contributed by atoms with Crippen LogP contribution >= 0.6 is 58.2 Å². The van der Waals surface area contributed by atoms with Crippen molar-refractivity contribution < 1.29 is 27.0 Å². The maximum atomic E-state index is 15.3. The first-order valence-electron chi connectivity index (χ1n) is 11.2. The van der Waals surface area contributed by atoms with E-state index in [9.17, 15) is 8.78 Å². The fraction of sp³-hybridized carbons (Fsp3) is 0.143. The summed E-state index contributed by atoms with van der Waals surface area (Å²) in [6.07, 6.45) is 0. The van der Waals surface area contributed by atoms with Crippen LogP contribution in [0.5, 0.6) is 11.5 Å². The van der Waals surface area contributed by atoms with Crippen LogP contribution in [0.2, 0.25) is 20.1 Å². The molecular formula is C28H18Cl4F4O2S. The van der Waals surface area contributed by atoms with E-state index in [0.717, 1.165) is 36.0 Å². The van der Waals surface area contributed by atoms with Gasteiger partial charge in [0.15, 0.2) is 0 Å². The number of hydrogen-bond acceptors (Lipinski definition) is 3. The van der Waals surface area contributed by atoms with Gasteiger partial charge >= 0.3 is 0 Å². The summed E-state index contributed by atoms with van der Waals surface area (Å²) in [6, 6.07) is 12.4. The third-order valence-corrected chi connectivity index (χ3v) is 9.24. The molecule has 39 heavy (non-hydrogen) atoms. The summed E-state index contributed by atoms with van der Waals surface area (Å²) in [6.45, 7) is 0. The first-order valence-corrected chi connectivity index (χ1v) is 13.6. The lowest BCUT2D eigenvalue weighted by atomic mass is 10.0. The Balaban J connectivity index is 1.98. The molecule has 0 aliphatic rings. The van der Waals surface area contributed by atoms with Gasteiger partial charge in [-0.05, 0) is 35.4 Å². The molecule has 4 aromatic rings. The monoisotopic (exact) mass is 634 g/mol. The normalized spacial score (nSPS) is 12.8. The van der Waals surface area contributed by atoms with Crippen molar-refractivity contribution >= 4 is 58.2 Å². The Bertz CT molecular complexity index is 1420. The number of benzene rings is 4. The van der Waals surface area contributed by atoms with Crippen LogP contribution in [0.3, 0.4) is 0 Å². The van der Waals surface area contributed by atoms with Gasteiger partial charge in [-0.25, -0.2) is 17.6 Å². The molecule has 4 aromatic carbocycles. The number of ether oxygens (including phenoxy) is 2. The van der Waals surface area contributed by atoms with E-state index >= 15 is 8.78 Å². The van der Waals surface area contributed by atoms with Crippen molar-refractivity contribution in [3.05, 3.63) is 126 Å². The first kappa shape index (κ1) is 29.7. The van der Waals surface area contributed by atoms with Crippen molar-refractivity contribution in [2.45, 2.75) is 10.5 Å². The highest BCUT2D eigenvalue weighted by atomic mass is 35.5. The topological polar surface area (TPSA) is 18.5 Å². The predicted molar refractivity (Wildman–Crippen MR) is 150 cm³/mol. The van der Waals surface area contributed by atoms with Crippen molar-refractivity contribution in [2.24, 2.45) is 0 Å². The van der Waals surface area contributed by atoms with E-state index in [-0.39, 0.29) is 42.7 Å². The highest BCUT2D eigenvalue weighted by Gasteiger charge is 2.32. The summed E-state index contributed by atoms with van der Waals surface area (Å²) in [5.41, 5.74) is 0.739. The zero-order valence-electron chi connectivity index (χ0n) is 20.2. The summed E-state index contributed by atoms with van der Waals surface area (Å²) in [4.78, 5) is 0. The molecule has 4 rings (SSSR count). The minimum absolute atomic E-state index is 0.0350. The summed E-state index contributed by atoms with van der Waals surface area (Å²) in [7, 11) is 2.82. The van der Waals surface area contributed by atoms with Crippen LogP contribution < -0.4 is 9.47 Å². The van der Waals surface area contributed by atoms with Crippen LogP contribution in [0.25, 0.3) is 0 Å². The van der Waals surface area contributed by atoms with Crippen molar-refractivity contribution in [3.8, 4) is 11.5 Å². The van der Waals surface area contributed by atoms with Crippen LogP contribution in [0.1, 0.15) is 32.8 Å². The predicted octanol–water partition coefficient (Wildman–Crippen LogP) is 10.5. The van der Waals surface area contributed by atoms with Gasteiger partial charge in [0.05, 0.1) is 34.8 Å². The quantitative estimate of drug-likeness (QED) is 0.179. The SMILES string of the molecule is COc1ccc(C(SC(c2ccc(F)cc2F)c2ccc(OC)c(Cl)c2Cl)c2ccc(F)cc2F)c(Cl)c1Cl. The Morgan fingerprint density at radius 3 is 1.23 bits per heavy atom. The van der Waals surface area contributed by atoms with Gasteiger partial charge in [-0.2, -0.15) is 0 Å². The minimum Gasteiger partial charge on any atom is -0.495 e. The Hall–Kier alpha value is -2.29. The van der Waals surface area contributed by atoms with Gasteiger partial charge in [0, 0.05) is 23.3 Å². The zero-order valence-corrected chi connectivity index (χ0v) is 24.0. The molecule has 0 bridgehead atoms. The highest BCUT2D eigenvalue weighted by molar-refractivity contribution is 8.00. The molecule has 2 atom stereocenters. The van der Waals surface area contributed by atoms with Gasteiger partial charge in [0.25, 0.3) is 0 Å². The highest BCUT2D eigenvalue weighted by Crippen LogP contribution is 2.54. The average molecular weight is 636 g/mol. The summed E-state index contributed by atoms with van der Waals surface area (Å²) < 4.78 is 68.7. The number of halogens is 8. The van der Waals surface area contributed by atoms with E-state index in [1.807, 2.05) is 0 Å². The van der Waals surface area contributed by atoms with Crippen LogP contribution in [-0.4, -0.2) is 14.2 Å². The molecule has 204 valence electrons. The molecule has 0 heterocycles. The van der Waals surface area contributed by atoms with Gasteiger partial charge in [-0.1, -0.05) is 70.7 Å². The minimum atomic E-state index is -0.979. The fourth-order valence-corrected chi connectivity index (χ4v) is 6.80. The Labute approximate surface area is 246 Å². The number of hydrogen-bond donors (Lipinski definition) is 0. The molecule has 0 aliphatic heterocycles. The van der Waals surface area contributed by atoms with Gasteiger partial charge in [0.1, 0.15) is 44.8 Å². The van der Waals surface area contributed by atoms with Gasteiger partial charge in [0.2, 0.25) is 0 Å². The van der Waals surface area contributed by atoms with E-state index in [2.05, 4.69) is 0 Å². The third kappa shape index (κ3) is 6.08. The lowest BCUT2D eigenvalue weighted by molar-refractivity contribution is 0.415. The Kier molecular flexibility index (Phi) is 9.50. The van der Waals surface area contributed by atoms with Crippen molar-refractivity contribution in [2.75, 3.05) is 14.2 Å². The van der Waals surface area contributed by atoms with Crippen LogP contribution in [0, 0.1) is 23.3 Å². The Morgan fingerprint density at radius 1 is 0.538 bits per heavy atom. The molecule has 2 nitrogen and oxygen atoms in total. The standard InChI is InChI=1S/C28H18Cl4F4O2S/c1-37-21-9-7-17(23(29)25(21)31)27(15-5-3-13(33)11-19(15)35)39-28(16-6-4-14(34)12-20(16)36)18-8-10-22(38-2)26(32)24(18)30/h3-12,27-28H,1-2H3. The largest absolute Gasteiger partial charge is 0.495 e. The number of rotatable bonds is 8. The zero-order chi connectivity index (χ0) is 28.4. The molecule has 0 fully saturated rings. The third-order valence-electron chi connectivity index (χ3n) is 5.92. The molecule has 0 spiro atoms. The molecule has 11 heteroatoms. The van der Waals surface area contributed by atoms with Crippen molar-refractivity contribution in [1.29, 1.82) is 0 Å². The number of methoxy groups -OCH3 is 2. The molecule has 0 amide bonds. The fourth-order valence-electron chi connectivity index (χ4n) is 4.01. The molecule has 0 aromatic heterocycles. The van der Waals surface area contributed by atoms with E-state index in [4.69, 9.17) is 55.9 Å². The molecule has 0 saturated carbocycles. The van der Waals surface area contributed by atoms with E-state index < -0.39 is 33.8 Å². The van der Waals surface area contributed by atoms with Crippen LogP contribution in [0.15, 0.2) is 60.7 Å². The van der Waals surface area contributed by atoms with Crippen LogP contribution in [0.4, 0.5) is 17.6 Å². The summed E-state index contributed by atoms with van der Waals surface area (Å²) >= 11 is 27.1. The lowest BCUT2D eigenvalue weighted by Crippen LogP contribution is -2.09. The van der Waals surface area contributed by atoms with Gasteiger partial charge in [-0.15, -0.1) is 11.8 Å². The molecule has 2 unspecified atom stereocenters. The summed E-state index contributed by atoms with van der Waals surface area (Å²) in [5.74, 6) is -2.75. The first-order chi connectivity index (χ1) is 18.6. The smallest absolute Gasteiger partial charge is 0.138 e. The number of thioether (sulfide) groups is 1. The molecule has 0 aliphatic carbocycles. The molecule has 0 N–H and O–H groups in total. The maximum Gasteiger partial charge on any atom is 0.138 e. The lowest BCUT2D eigenvalue weighted by Gasteiger charge is -2.28. The second-order valence-corrected chi connectivity index (χ2v) is 10.9. The average Bonchev–Trinajstić information content (AvgIpc) is 2.90. The van der Waals surface area contributed by atoms with Crippen molar-refractivity contribution in [1.82, 2.24) is 0 Å². The molecular weight excluding hydrogens is 618 g/mol. The van der Waals surface area contributed by atoms with Crippen LogP contribution in [-0.2, 0) is 0 Å². The molecule has 0 radical (unpaired) electrons. The Morgan fingerprint density at radius 2 is 0.897 bits per heavy atom. The van der Waals surface area contributed by atoms with E-state index in [0.29, 0.717) is 11.1 Å². The van der Waals surface area contributed by atoms with E-state index in [1.54, 1.807) is 24.3 Å². The second kappa shape index (κ2) is 12.5. The van der Waals surface area contributed by atoms with Crippen molar-refractivity contribution in [3.63, 3.8) is 0 Å². The molecule has 0 saturated heterocycles. The van der Waals surface area contributed by atoms with E-state index in [1.165, 1.54) is 26.4 Å². The second-order valence-electron chi connectivity index (χ2n) is 8.20. The van der Waals surface area contributed by atoms with Gasteiger partial charge in [-0.3, -0.25) is 0 Å².